The Bertz CT molecular complexity index is 538. The molecule has 0 radical (unpaired) electrons. The molecule has 102 valence electrons. The van der Waals surface area contributed by atoms with Crippen LogP contribution >= 0.6 is 63.7 Å². The molecule has 0 spiro atoms. The Morgan fingerprint density at radius 1 is 0.737 bits per heavy atom. The first-order valence-electron chi connectivity index (χ1n) is 5.44. The second kappa shape index (κ2) is 7.81. The number of benzene rings is 2. The van der Waals surface area contributed by atoms with E-state index in [0.29, 0.717) is 0 Å². The van der Waals surface area contributed by atoms with Crippen molar-refractivity contribution in [1.29, 1.82) is 0 Å². The molecule has 0 aliphatic carbocycles. The zero-order valence-electron chi connectivity index (χ0n) is 10.5. The average molecular weight is 515 g/mol. The highest BCUT2D eigenvalue weighted by molar-refractivity contribution is 9.11. The summed E-state index contributed by atoms with van der Waals surface area (Å²) in [6.07, 6.45) is 0. The largest absolute Gasteiger partial charge is 0.399 e. The molecule has 2 aromatic carbocycles. The molecule has 19 heavy (non-hydrogen) atoms. The van der Waals surface area contributed by atoms with E-state index >= 15 is 0 Å². The van der Waals surface area contributed by atoms with E-state index in [1.165, 1.54) is 11.1 Å². The first-order chi connectivity index (χ1) is 8.82. The van der Waals surface area contributed by atoms with E-state index in [9.17, 15) is 0 Å². The second-order valence-electron chi connectivity index (χ2n) is 3.96. The molecule has 0 saturated heterocycles. The predicted molar refractivity (Wildman–Crippen MR) is 97.6 cm³/mol. The minimum Gasteiger partial charge on any atom is -0.399 e. The molecule has 0 atom stereocenters. The molecule has 2 aromatic rings. The summed E-state index contributed by atoms with van der Waals surface area (Å²) >= 11 is 13.6. The summed E-state index contributed by atoms with van der Waals surface area (Å²) in [4.78, 5) is 0. The van der Waals surface area contributed by atoms with Crippen LogP contribution in [-0.4, -0.2) is 0 Å². The van der Waals surface area contributed by atoms with Crippen LogP contribution in [0.1, 0.15) is 11.1 Å². The van der Waals surface area contributed by atoms with Gasteiger partial charge in [0.05, 0.1) is 0 Å². The van der Waals surface area contributed by atoms with Crippen molar-refractivity contribution < 1.29 is 0 Å². The number of anilines is 1. The maximum Gasteiger partial charge on any atom is 0.0336 e. The van der Waals surface area contributed by atoms with Crippen LogP contribution in [0.5, 0.6) is 0 Å². The summed E-state index contributed by atoms with van der Waals surface area (Å²) in [5.74, 6) is 0. The van der Waals surface area contributed by atoms with Gasteiger partial charge >= 0.3 is 0 Å². The first kappa shape index (κ1) is 17.2. The molecule has 2 N–H and O–H groups in total. The molecule has 0 heterocycles. The second-order valence-corrected chi connectivity index (χ2v) is 7.37. The number of nitrogen functional groups attached to an aromatic ring is 1. The maximum atomic E-state index is 5.57. The van der Waals surface area contributed by atoms with Crippen LogP contribution in [0.3, 0.4) is 0 Å². The van der Waals surface area contributed by atoms with Gasteiger partial charge < -0.3 is 5.73 Å². The van der Waals surface area contributed by atoms with Crippen molar-refractivity contribution in [2.75, 3.05) is 5.73 Å². The number of hydrogen-bond acceptors (Lipinski definition) is 1. The van der Waals surface area contributed by atoms with Gasteiger partial charge in [-0.15, -0.1) is 0 Å². The van der Waals surface area contributed by atoms with E-state index in [4.69, 9.17) is 5.73 Å². The van der Waals surface area contributed by atoms with Crippen molar-refractivity contribution in [3.8, 4) is 0 Å². The quantitative estimate of drug-likeness (QED) is 0.393. The lowest BCUT2D eigenvalue weighted by Gasteiger charge is -2.01. The topological polar surface area (TPSA) is 26.0 Å². The smallest absolute Gasteiger partial charge is 0.0336 e. The monoisotopic (exact) mass is 511 g/mol. The van der Waals surface area contributed by atoms with Gasteiger partial charge in [0.2, 0.25) is 0 Å². The van der Waals surface area contributed by atoms with Crippen molar-refractivity contribution >= 4 is 69.4 Å². The predicted octanol–water partition coefficient (Wildman–Crippen LogP) is 6.62. The van der Waals surface area contributed by atoms with Crippen LogP contribution < -0.4 is 5.73 Å². The van der Waals surface area contributed by atoms with Gasteiger partial charge in [-0.3, -0.25) is 0 Å². The maximum absolute atomic E-state index is 5.57. The Labute approximate surface area is 147 Å². The Hall–Kier alpha value is 0.160. The van der Waals surface area contributed by atoms with E-state index in [1.807, 2.05) is 37.3 Å². The van der Waals surface area contributed by atoms with Gasteiger partial charge in [0.25, 0.3) is 0 Å². The van der Waals surface area contributed by atoms with Gasteiger partial charge in [0.1, 0.15) is 0 Å². The normalized spacial score (nSPS) is 9.79. The third kappa shape index (κ3) is 5.21. The minimum absolute atomic E-state index is 0.768. The lowest BCUT2D eigenvalue weighted by Crippen LogP contribution is -1.86. The first-order valence-corrected chi connectivity index (χ1v) is 8.62. The lowest BCUT2D eigenvalue weighted by atomic mass is 10.2. The minimum atomic E-state index is 0.768. The molecule has 0 saturated carbocycles. The van der Waals surface area contributed by atoms with Gasteiger partial charge in [-0.2, -0.15) is 0 Å². The van der Waals surface area contributed by atoms with Gasteiger partial charge in [0.15, 0.2) is 0 Å². The zero-order valence-corrected chi connectivity index (χ0v) is 16.8. The van der Waals surface area contributed by atoms with Gasteiger partial charge in [-0.25, -0.2) is 0 Å². The molecular formula is C14H13Br4N. The molecule has 0 aliphatic heterocycles. The number of hydrogen-bond donors (Lipinski definition) is 1. The summed E-state index contributed by atoms with van der Waals surface area (Å²) in [7, 11) is 0. The highest BCUT2D eigenvalue weighted by Gasteiger charge is 1.99. The third-order valence-corrected chi connectivity index (χ3v) is 5.87. The standard InChI is InChI=1S/C7H7Br2N.C7H6Br2/c1-4-6(8)2-5(10)3-7(4)9;1-5-6(8)3-2-4-7(5)9/h2-3H,10H2,1H3;2-4H,1H3. The SMILES string of the molecule is Cc1c(Br)cc(N)cc1Br.Cc1c(Br)cccc1Br. The molecule has 2 rings (SSSR count). The fourth-order valence-electron chi connectivity index (χ4n) is 1.25. The van der Waals surface area contributed by atoms with E-state index < -0.39 is 0 Å². The van der Waals surface area contributed by atoms with Gasteiger partial charge in [0, 0.05) is 23.6 Å². The van der Waals surface area contributed by atoms with Crippen LogP contribution in [0.15, 0.2) is 48.2 Å². The summed E-state index contributed by atoms with van der Waals surface area (Å²) in [5.41, 5.74) is 8.76. The van der Waals surface area contributed by atoms with Crippen molar-refractivity contribution in [3.05, 3.63) is 59.3 Å². The van der Waals surface area contributed by atoms with E-state index in [0.717, 1.165) is 23.6 Å². The van der Waals surface area contributed by atoms with Crippen LogP contribution in [0.25, 0.3) is 0 Å². The van der Waals surface area contributed by atoms with Crippen molar-refractivity contribution in [1.82, 2.24) is 0 Å². The highest BCUT2D eigenvalue weighted by Crippen LogP contribution is 2.27. The number of rotatable bonds is 0. The van der Waals surface area contributed by atoms with Crippen molar-refractivity contribution in [2.24, 2.45) is 0 Å². The van der Waals surface area contributed by atoms with Crippen molar-refractivity contribution in [3.63, 3.8) is 0 Å². The Balaban J connectivity index is 0.000000191. The Kier molecular flexibility index (Phi) is 7.08. The van der Waals surface area contributed by atoms with E-state index in [-0.39, 0.29) is 0 Å². The third-order valence-electron chi connectivity index (χ3n) is 2.50. The molecular weight excluding hydrogens is 502 g/mol. The lowest BCUT2D eigenvalue weighted by molar-refractivity contribution is 1.40. The van der Waals surface area contributed by atoms with Gasteiger partial charge in [-0.1, -0.05) is 69.8 Å². The molecule has 5 heteroatoms. The van der Waals surface area contributed by atoms with E-state index in [2.05, 4.69) is 70.6 Å². The summed E-state index contributed by atoms with van der Waals surface area (Å²) in [6.45, 7) is 4.09. The summed E-state index contributed by atoms with van der Waals surface area (Å²) in [6, 6.07) is 9.83. The highest BCUT2D eigenvalue weighted by atomic mass is 79.9. The fraction of sp³-hybridized carbons (Fsp3) is 0.143. The van der Waals surface area contributed by atoms with Gasteiger partial charge in [-0.05, 0) is 49.2 Å². The molecule has 0 bridgehead atoms. The van der Waals surface area contributed by atoms with Crippen LogP contribution in [0.2, 0.25) is 0 Å². The molecule has 0 amide bonds. The van der Waals surface area contributed by atoms with E-state index in [1.54, 1.807) is 0 Å². The molecule has 0 aliphatic rings. The summed E-state index contributed by atoms with van der Waals surface area (Å²) < 4.78 is 4.38. The average Bonchev–Trinajstić information content (AvgIpc) is 2.33. The van der Waals surface area contributed by atoms with Crippen LogP contribution in [0, 0.1) is 13.8 Å². The van der Waals surface area contributed by atoms with Crippen LogP contribution in [-0.2, 0) is 0 Å². The molecule has 0 unspecified atom stereocenters. The molecule has 0 aromatic heterocycles. The number of halogens is 4. The molecule has 1 nitrogen and oxygen atoms in total. The van der Waals surface area contributed by atoms with Crippen molar-refractivity contribution in [2.45, 2.75) is 13.8 Å². The summed E-state index contributed by atoms with van der Waals surface area (Å²) in [5, 5.41) is 0. The zero-order chi connectivity index (χ0) is 14.6. The Morgan fingerprint density at radius 3 is 1.47 bits per heavy atom. The number of nitrogens with two attached hydrogens (primary N) is 1. The van der Waals surface area contributed by atoms with Crippen LogP contribution in [0.4, 0.5) is 5.69 Å². The Morgan fingerprint density at radius 2 is 1.11 bits per heavy atom. The fourth-order valence-corrected chi connectivity index (χ4v) is 3.47. The molecule has 0 fully saturated rings.